The molecule has 1 heterocycles. The summed E-state index contributed by atoms with van der Waals surface area (Å²) in [4.78, 5) is 0. The summed E-state index contributed by atoms with van der Waals surface area (Å²) in [6.07, 6.45) is 3.56. The van der Waals surface area contributed by atoms with Crippen molar-refractivity contribution in [2.75, 3.05) is 13.2 Å². The fourth-order valence-electron chi connectivity index (χ4n) is 6.45. The van der Waals surface area contributed by atoms with Gasteiger partial charge in [0.15, 0.2) is 6.29 Å². The second-order valence-electron chi connectivity index (χ2n) is 9.95. The molecular formula is C25H33NO3. The molecule has 29 heavy (non-hydrogen) atoms. The van der Waals surface area contributed by atoms with Gasteiger partial charge in [0.25, 0.3) is 0 Å². The molecule has 2 saturated carbocycles. The van der Waals surface area contributed by atoms with E-state index in [0.29, 0.717) is 30.6 Å². The standard InChI is InChI=1S/C25H33NO3/c1-24(2)20-11-12-25(24,3)23-19(20)13-22(29-23)28-17(14-26)15-27-21-10-6-8-16-7-4-5-9-18(16)21/h4-10,17,19-20,22-23H,11-15,26H2,1-3H3/t17-,19-,20+,22-,23-,25-/m0/s1. The van der Waals surface area contributed by atoms with Gasteiger partial charge in [0.1, 0.15) is 18.5 Å². The van der Waals surface area contributed by atoms with E-state index in [1.54, 1.807) is 0 Å². The zero-order chi connectivity index (χ0) is 20.2. The summed E-state index contributed by atoms with van der Waals surface area (Å²) in [6, 6.07) is 14.4. The Morgan fingerprint density at radius 3 is 2.72 bits per heavy atom. The lowest BCUT2D eigenvalue weighted by molar-refractivity contribution is -0.188. The van der Waals surface area contributed by atoms with Crippen molar-refractivity contribution in [3.63, 3.8) is 0 Å². The van der Waals surface area contributed by atoms with Crippen molar-refractivity contribution in [1.82, 2.24) is 0 Å². The van der Waals surface area contributed by atoms with Crippen LogP contribution in [-0.4, -0.2) is 31.6 Å². The van der Waals surface area contributed by atoms with Gasteiger partial charge in [-0.1, -0.05) is 57.2 Å². The number of fused-ring (bicyclic) bond motifs is 6. The highest BCUT2D eigenvalue weighted by molar-refractivity contribution is 5.88. The fraction of sp³-hybridized carbons (Fsp3) is 0.600. The van der Waals surface area contributed by atoms with Gasteiger partial charge in [-0.05, 0) is 47.0 Å². The molecule has 5 rings (SSSR count). The molecule has 3 fully saturated rings. The SMILES string of the molecule is CC1(C)[C@@H]2CC[C@@]1(C)[C@H]1O[C@H](O[C@@H](CN)COc3cccc4ccccc34)C[C@@H]21. The van der Waals surface area contributed by atoms with Gasteiger partial charge in [-0.15, -0.1) is 0 Å². The Bertz CT molecular complexity index is 891. The predicted octanol–water partition coefficient (Wildman–Crippen LogP) is 4.75. The lowest BCUT2D eigenvalue weighted by Crippen LogP contribution is -2.39. The van der Waals surface area contributed by atoms with Gasteiger partial charge in [-0.25, -0.2) is 0 Å². The van der Waals surface area contributed by atoms with Crippen LogP contribution in [0.15, 0.2) is 42.5 Å². The van der Waals surface area contributed by atoms with E-state index in [-0.39, 0.29) is 17.8 Å². The van der Waals surface area contributed by atoms with Gasteiger partial charge in [0.05, 0.1) is 6.10 Å². The van der Waals surface area contributed by atoms with Crippen molar-refractivity contribution in [3.8, 4) is 5.75 Å². The number of rotatable bonds is 6. The molecule has 1 saturated heterocycles. The molecule has 0 amide bonds. The van der Waals surface area contributed by atoms with E-state index >= 15 is 0 Å². The first-order chi connectivity index (χ1) is 13.9. The Morgan fingerprint density at radius 2 is 1.93 bits per heavy atom. The molecule has 2 bridgehead atoms. The van der Waals surface area contributed by atoms with Crippen LogP contribution in [0.4, 0.5) is 0 Å². The average Bonchev–Trinajstić information content (AvgIpc) is 3.29. The van der Waals surface area contributed by atoms with E-state index in [1.165, 1.54) is 18.2 Å². The normalized spacial score (nSPS) is 35.7. The van der Waals surface area contributed by atoms with Gasteiger partial charge >= 0.3 is 0 Å². The van der Waals surface area contributed by atoms with Crippen LogP contribution < -0.4 is 10.5 Å². The molecule has 3 aliphatic rings. The van der Waals surface area contributed by atoms with Crippen LogP contribution in [-0.2, 0) is 9.47 Å². The van der Waals surface area contributed by atoms with Crippen molar-refractivity contribution < 1.29 is 14.2 Å². The second kappa shape index (κ2) is 6.97. The third-order valence-corrected chi connectivity index (χ3v) is 8.45. The van der Waals surface area contributed by atoms with E-state index in [0.717, 1.165) is 23.5 Å². The topological polar surface area (TPSA) is 53.7 Å². The highest BCUT2D eigenvalue weighted by atomic mass is 16.7. The van der Waals surface area contributed by atoms with Crippen molar-refractivity contribution in [2.45, 2.75) is 58.5 Å². The number of hydrogen-bond donors (Lipinski definition) is 1. The van der Waals surface area contributed by atoms with E-state index in [2.05, 4.69) is 39.0 Å². The Kier molecular flexibility index (Phi) is 4.65. The molecule has 0 radical (unpaired) electrons. The summed E-state index contributed by atoms with van der Waals surface area (Å²) in [5.74, 6) is 2.24. The molecule has 0 unspecified atom stereocenters. The number of nitrogens with two attached hydrogens (primary N) is 1. The largest absolute Gasteiger partial charge is 0.490 e. The third kappa shape index (κ3) is 2.91. The quantitative estimate of drug-likeness (QED) is 0.767. The molecule has 4 nitrogen and oxygen atoms in total. The highest BCUT2D eigenvalue weighted by Crippen LogP contribution is 2.71. The van der Waals surface area contributed by atoms with Crippen LogP contribution in [0.3, 0.4) is 0 Å². The highest BCUT2D eigenvalue weighted by Gasteiger charge is 2.69. The molecule has 2 aromatic carbocycles. The lowest BCUT2D eigenvalue weighted by atomic mass is 9.70. The maximum Gasteiger partial charge on any atom is 0.158 e. The van der Waals surface area contributed by atoms with E-state index in [1.807, 2.05) is 24.3 Å². The summed E-state index contributed by atoms with van der Waals surface area (Å²) < 4.78 is 18.9. The fourth-order valence-corrected chi connectivity index (χ4v) is 6.45. The third-order valence-electron chi connectivity index (χ3n) is 8.45. The van der Waals surface area contributed by atoms with Crippen molar-refractivity contribution in [2.24, 2.45) is 28.4 Å². The zero-order valence-electron chi connectivity index (χ0n) is 17.8. The number of benzene rings is 2. The molecule has 6 atom stereocenters. The Balaban J connectivity index is 1.23. The Hall–Kier alpha value is -1.62. The van der Waals surface area contributed by atoms with E-state index in [9.17, 15) is 0 Å². The maximum absolute atomic E-state index is 6.48. The minimum atomic E-state index is -0.170. The summed E-state index contributed by atoms with van der Waals surface area (Å²) >= 11 is 0. The van der Waals surface area contributed by atoms with E-state index < -0.39 is 0 Å². The Morgan fingerprint density at radius 1 is 1.14 bits per heavy atom. The van der Waals surface area contributed by atoms with Gasteiger partial charge in [0.2, 0.25) is 0 Å². The van der Waals surface area contributed by atoms with Crippen molar-refractivity contribution in [3.05, 3.63) is 42.5 Å². The molecular weight excluding hydrogens is 362 g/mol. The summed E-state index contributed by atoms with van der Waals surface area (Å²) in [5, 5.41) is 2.29. The first-order valence-corrected chi connectivity index (χ1v) is 11.1. The lowest BCUT2D eigenvalue weighted by Gasteiger charge is -2.38. The predicted molar refractivity (Wildman–Crippen MR) is 115 cm³/mol. The van der Waals surface area contributed by atoms with Gasteiger partial charge in [-0.3, -0.25) is 0 Å². The molecule has 156 valence electrons. The molecule has 2 aliphatic carbocycles. The van der Waals surface area contributed by atoms with Crippen LogP contribution in [0.5, 0.6) is 5.75 Å². The second-order valence-corrected chi connectivity index (χ2v) is 9.95. The molecule has 0 spiro atoms. The molecule has 1 aliphatic heterocycles. The minimum Gasteiger partial charge on any atom is -0.490 e. The molecule has 4 heteroatoms. The summed E-state index contributed by atoms with van der Waals surface area (Å²) in [5.41, 5.74) is 6.64. The maximum atomic E-state index is 6.48. The number of hydrogen-bond acceptors (Lipinski definition) is 4. The van der Waals surface area contributed by atoms with Crippen LogP contribution in [0.1, 0.15) is 40.0 Å². The summed E-state index contributed by atoms with van der Waals surface area (Å²) in [6.45, 7) is 8.15. The van der Waals surface area contributed by atoms with Crippen molar-refractivity contribution >= 4 is 10.8 Å². The molecule has 2 N–H and O–H groups in total. The first kappa shape index (κ1) is 19.3. The van der Waals surface area contributed by atoms with Crippen LogP contribution in [0, 0.1) is 22.7 Å². The summed E-state index contributed by atoms with van der Waals surface area (Å²) in [7, 11) is 0. The Labute approximate surface area is 173 Å². The van der Waals surface area contributed by atoms with E-state index in [4.69, 9.17) is 19.9 Å². The van der Waals surface area contributed by atoms with Crippen molar-refractivity contribution in [1.29, 1.82) is 0 Å². The molecule has 2 aromatic rings. The monoisotopic (exact) mass is 395 g/mol. The average molecular weight is 396 g/mol. The van der Waals surface area contributed by atoms with Gasteiger partial charge in [-0.2, -0.15) is 0 Å². The van der Waals surface area contributed by atoms with Crippen LogP contribution in [0.25, 0.3) is 10.8 Å². The van der Waals surface area contributed by atoms with Gasteiger partial charge in [0, 0.05) is 18.4 Å². The van der Waals surface area contributed by atoms with Crippen LogP contribution in [0.2, 0.25) is 0 Å². The molecule has 0 aromatic heterocycles. The van der Waals surface area contributed by atoms with Crippen LogP contribution >= 0.6 is 0 Å². The minimum absolute atomic E-state index is 0.161. The number of ether oxygens (including phenoxy) is 3. The smallest absolute Gasteiger partial charge is 0.158 e. The van der Waals surface area contributed by atoms with Gasteiger partial charge < -0.3 is 19.9 Å². The zero-order valence-corrected chi connectivity index (χ0v) is 17.8. The first-order valence-electron chi connectivity index (χ1n) is 11.1.